The third-order valence-corrected chi connectivity index (χ3v) is 2.57. The van der Waals surface area contributed by atoms with Gasteiger partial charge in [0, 0.05) is 6.08 Å². The summed E-state index contributed by atoms with van der Waals surface area (Å²) in [4.78, 5) is 22.1. The molecule has 0 heterocycles. The lowest BCUT2D eigenvalue weighted by Gasteiger charge is -2.04. The first-order valence-electron chi connectivity index (χ1n) is 6.04. The fourth-order valence-electron chi connectivity index (χ4n) is 1.39. The van der Waals surface area contributed by atoms with Gasteiger partial charge in [0.1, 0.15) is 0 Å². The Labute approximate surface area is 113 Å². The third-order valence-electron chi connectivity index (χ3n) is 2.57. The van der Waals surface area contributed by atoms with E-state index in [4.69, 9.17) is 0 Å². The van der Waals surface area contributed by atoms with Crippen LogP contribution in [0.3, 0.4) is 0 Å². The van der Waals surface area contributed by atoms with Crippen molar-refractivity contribution in [2.45, 2.75) is 19.8 Å². The molecule has 4 heteroatoms. The van der Waals surface area contributed by atoms with Crippen LogP contribution in [0.1, 0.15) is 30.9 Å². The predicted molar refractivity (Wildman–Crippen MR) is 72.5 cm³/mol. The summed E-state index contributed by atoms with van der Waals surface area (Å²) >= 11 is 0. The Hall–Kier alpha value is -2.10. The molecule has 1 aromatic carbocycles. The Balaban J connectivity index is 2.51. The summed E-state index contributed by atoms with van der Waals surface area (Å²) in [5, 5.41) is 0. The van der Waals surface area contributed by atoms with Crippen LogP contribution in [0.5, 0.6) is 0 Å². The second kappa shape index (κ2) is 7.36. The molecule has 0 spiro atoms. The molecule has 0 unspecified atom stereocenters. The molecule has 0 saturated carbocycles. The Morgan fingerprint density at radius 2 is 1.84 bits per heavy atom. The molecule has 0 bridgehead atoms. The van der Waals surface area contributed by atoms with Gasteiger partial charge in [-0.3, -0.25) is 0 Å². The molecule has 0 radical (unpaired) electrons. The second-order valence-corrected chi connectivity index (χ2v) is 4.34. The van der Waals surface area contributed by atoms with Crippen LogP contribution < -0.4 is 0 Å². The molecule has 4 nitrogen and oxygen atoms in total. The van der Waals surface area contributed by atoms with E-state index in [1.54, 1.807) is 6.08 Å². The lowest BCUT2D eigenvalue weighted by molar-refractivity contribution is -0.154. The molecule has 0 aliphatic rings. The summed E-state index contributed by atoms with van der Waals surface area (Å²) in [5.74, 6) is -0.676. The monoisotopic (exact) mass is 262 g/mol. The van der Waals surface area contributed by atoms with Gasteiger partial charge in [0.2, 0.25) is 0 Å². The molecule has 0 saturated heterocycles. The number of hydrogen-bond donors (Lipinski definition) is 0. The van der Waals surface area contributed by atoms with Crippen molar-refractivity contribution in [2.75, 3.05) is 13.7 Å². The van der Waals surface area contributed by atoms with Crippen LogP contribution in [0.2, 0.25) is 0 Å². The standard InChI is InChI=1S/C15H18O4/c1-11(2)13-7-4-12(5-8-13)6-9-14(16)19-10-15(17)18-3/h4-9,11H,10H2,1-3H3/b9-6+. The van der Waals surface area contributed by atoms with Crippen molar-refractivity contribution in [3.05, 3.63) is 41.5 Å². The van der Waals surface area contributed by atoms with Gasteiger partial charge in [-0.05, 0) is 23.1 Å². The number of carbonyl (C=O) groups is 2. The minimum atomic E-state index is -0.581. The van der Waals surface area contributed by atoms with E-state index in [0.717, 1.165) is 5.56 Å². The van der Waals surface area contributed by atoms with Crippen molar-refractivity contribution in [3.8, 4) is 0 Å². The molecule has 1 rings (SSSR count). The molecule has 0 fully saturated rings. The van der Waals surface area contributed by atoms with Gasteiger partial charge < -0.3 is 9.47 Å². The van der Waals surface area contributed by atoms with Crippen LogP contribution in [0.4, 0.5) is 0 Å². The third kappa shape index (κ3) is 5.38. The van der Waals surface area contributed by atoms with Gasteiger partial charge >= 0.3 is 11.9 Å². The lowest BCUT2D eigenvalue weighted by Crippen LogP contribution is -2.13. The summed E-state index contributed by atoms with van der Waals surface area (Å²) in [5.41, 5.74) is 2.14. The van der Waals surface area contributed by atoms with Crippen molar-refractivity contribution in [3.63, 3.8) is 0 Å². The molecular formula is C15H18O4. The zero-order valence-electron chi connectivity index (χ0n) is 11.4. The van der Waals surface area contributed by atoms with E-state index in [2.05, 4.69) is 23.3 Å². The van der Waals surface area contributed by atoms with Crippen molar-refractivity contribution in [1.29, 1.82) is 0 Å². The van der Waals surface area contributed by atoms with E-state index in [-0.39, 0.29) is 6.61 Å². The Morgan fingerprint density at radius 3 is 2.37 bits per heavy atom. The smallest absolute Gasteiger partial charge is 0.344 e. The van der Waals surface area contributed by atoms with Crippen LogP contribution in [-0.2, 0) is 19.1 Å². The highest BCUT2D eigenvalue weighted by Crippen LogP contribution is 2.15. The predicted octanol–water partition coefficient (Wildman–Crippen LogP) is 2.54. The van der Waals surface area contributed by atoms with E-state index in [0.29, 0.717) is 5.92 Å². The fourth-order valence-corrected chi connectivity index (χ4v) is 1.39. The van der Waals surface area contributed by atoms with Crippen LogP contribution in [-0.4, -0.2) is 25.7 Å². The van der Waals surface area contributed by atoms with Crippen molar-refractivity contribution in [2.24, 2.45) is 0 Å². The number of esters is 2. The normalized spacial score (nSPS) is 10.7. The zero-order chi connectivity index (χ0) is 14.3. The SMILES string of the molecule is COC(=O)COC(=O)/C=C/c1ccc(C(C)C)cc1. The maximum Gasteiger partial charge on any atom is 0.344 e. The zero-order valence-corrected chi connectivity index (χ0v) is 11.4. The van der Waals surface area contributed by atoms with E-state index in [1.165, 1.54) is 18.7 Å². The molecule has 0 aromatic heterocycles. The highest BCUT2D eigenvalue weighted by molar-refractivity contribution is 5.88. The Kier molecular flexibility index (Phi) is 5.79. The van der Waals surface area contributed by atoms with E-state index >= 15 is 0 Å². The van der Waals surface area contributed by atoms with Gasteiger partial charge in [-0.15, -0.1) is 0 Å². The highest BCUT2D eigenvalue weighted by Gasteiger charge is 2.03. The molecule has 0 aliphatic carbocycles. The fraction of sp³-hybridized carbons (Fsp3) is 0.333. The average molecular weight is 262 g/mol. The molecule has 102 valence electrons. The minimum absolute atomic E-state index is 0.369. The Bertz CT molecular complexity index is 458. The maximum atomic E-state index is 11.3. The second-order valence-electron chi connectivity index (χ2n) is 4.34. The highest BCUT2D eigenvalue weighted by atomic mass is 16.6. The summed E-state index contributed by atoms with van der Waals surface area (Å²) in [7, 11) is 1.24. The first-order valence-corrected chi connectivity index (χ1v) is 6.04. The number of hydrogen-bond acceptors (Lipinski definition) is 4. The van der Waals surface area contributed by atoms with Gasteiger partial charge in [0.15, 0.2) is 6.61 Å². The summed E-state index contributed by atoms with van der Waals surface area (Å²) in [6.07, 6.45) is 2.93. The average Bonchev–Trinajstić information content (AvgIpc) is 2.42. The van der Waals surface area contributed by atoms with Crippen molar-refractivity contribution in [1.82, 2.24) is 0 Å². The lowest BCUT2D eigenvalue weighted by atomic mass is 10.0. The van der Waals surface area contributed by atoms with Gasteiger partial charge in [-0.1, -0.05) is 38.1 Å². The van der Waals surface area contributed by atoms with Crippen LogP contribution >= 0.6 is 0 Å². The number of carbonyl (C=O) groups excluding carboxylic acids is 2. The van der Waals surface area contributed by atoms with E-state index in [1.807, 2.05) is 24.3 Å². The van der Waals surface area contributed by atoms with Gasteiger partial charge in [0.05, 0.1) is 7.11 Å². The minimum Gasteiger partial charge on any atom is -0.466 e. The van der Waals surface area contributed by atoms with E-state index < -0.39 is 11.9 Å². The molecule has 0 aliphatic heterocycles. The molecule has 0 atom stereocenters. The molecule has 0 N–H and O–H groups in total. The van der Waals surface area contributed by atoms with Gasteiger partial charge in [0.25, 0.3) is 0 Å². The first kappa shape index (κ1) is 15.0. The largest absolute Gasteiger partial charge is 0.466 e. The molecular weight excluding hydrogens is 244 g/mol. The maximum absolute atomic E-state index is 11.3. The van der Waals surface area contributed by atoms with Crippen LogP contribution in [0.25, 0.3) is 6.08 Å². The van der Waals surface area contributed by atoms with E-state index in [9.17, 15) is 9.59 Å². The number of benzene rings is 1. The summed E-state index contributed by atoms with van der Waals surface area (Å²) in [6.45, 7) is 3.87. The van der Waals surface area contributed by atoms with Crippen molar-refractivity contribution < 1.29 is 19.1 Å². The molecule has 0 amide bonds. The summed E-state index contributed by atoms with van der Waals surface area (Å²) in [6, 6.07) is 7.90. The Morgan fingerprint density at radius 1 is 1.21 bits per heavy atom. The summed E-state index contributed by atoms with van der Waals surface area (Å²) < 4.78 is 9.04. The molecule has 19 heavy (non-hydrogen) atoms. The quantitative estimate of drug-likeness (QED) is 0.604. The number of rotatable bonds is 5. The van der Waals surface area contributed by atoms with Crippen LogP contribution in [0.15, 0.2) is 30.3 Å². The van der Waals surface area contributed by atoms with Crippen LogP contribution in [0, 0.1) is 0 Å². The number of ether oxygens (including phenoxy) is 2. The topological polar surface area (TPSA) is 52.6 Å². The van der Waals surface area contributed by atoms with Gasteiger partial charge in [-0.25, -0.2) is 9.59 Å². The van der Waals surface area contributed by atoms with Crippen molar-refractivity contribution >= 4 is 18.0 Å². The first-order chi connectivity index (χ1) is 9.02. The number of methoxy groups -OCH3 is 1. The molecule has 1 aromatic rings. The van der Waals surface area contributed by atoms with Gasteiger partial charge in [-0.2, -0.15) is 0 Å².